The van der Waals surface area contributed by atoms with Gasteiger partial charge in [-0.3, -0.25) is 0 Å². The Labute approximate surface area is 184 Å². The molecule has 0 bridgehead atoms. The van der Waals surface area contributed by atoms with Gasteiger partial charge in [0.15, 0.2) is 0 Å². The molecular formula is C27H29NO3. The molecule has 3 aromatic rings. The average molecular weight is 416 g/mol. The van der Waals surface area contributed by atoms with Crippen LogP contribution in [0.25, 0.3) is 11.1 Å². The van der Waals surface area contributed by atoms with Gasteiger partial charge in [-0.15, -0.1) is 0 Å². The normalized spacial score (nSPS) is 14.9. The van der Waals surface area contributed by atoms with E-state index in [9.17, 15) is 10.2 Å². The molecule has 4 nitrogen and oxygen atoms in total. The monoisotopic (exact) mass is 415 g/mol. The molecule has 0 saturated carbocycles. The molecule has 0 radical (unpaired) electrons. The summed E-state index contributed by atoms with van der Waals surface area (Å²) in [5.41, 5.74) is 6.85. The second-order valence-electron chi connectivity index (χ2n) is 7.74. The number of ether oxygens (including phenoxy) is 1. The minimum absolute atomic E-state index is 0.148. The molecule has 4 heteroatoms. The van der Waals surface area contributed by atoms with Crippen LogP contribution in [0.3, 0.4) is 0 Å². The first-order valence-corrected chi connectivity index (χ1v) is 10.9. The van der Waals surface area contributed by atoms with Crippen molar-refractivity contribution in [1.29, 1.82) is 0 Å². The number of phenols is 1. The molecule has 0 atom stereocenters. The van der Waals surface area contributed by atoms with Gasteiger partial charge in [-0.25, -0.2) is 0 Å². The maximum Gasteiger partial charge on any atom is 0.115 e. The lowest BCUT2D eigenvalue weighted by atomic mass is 9.87. The molecule has 2 N–H and O–H groups in total. The summed E-state index contributed by atoms with van der Waals surface area (Å²) in [6.45, 7) is 3.49. The smallest absolute Gasteiger partial charge is 0.115 e. The molecule has 3 aromatic carbocycles. The first-order valence-electron chi connectivity index (χ1n) is 10.9. The fourth-order valence-corrected chi connectivity index (χ4v) is 4.11. The molecule has 0 aliphatic carbocycles. The van der Waals surface area contributed by atoms with E-state index in [0.717, 1.165) is 55.0 Å². The Hall–Kier alpha value is -3.08. The average Bonchev–Trinajstić information content (AvgIpc) is 2.84. The van der Waals surface area contributed by atoms with Crippen LogP contribution in [0.4, 0.5) is 5.69 Å². The van der Waals surface area contributed by atoms with Crippen LogP contribution in [0.2, 0.25) is 0 Å². The summed E-state index contributed by atoms with van der Waals surface area (Å²) in [6, 6.07) is 26.4. The van der Waals surface area contributed by atoms with Crippen LogP contribution in [0.5, 0.6) is 5.75 Å². The highest BCUT2D eigenvalue weighted by Crippen LogP contribution is 2.36. The molecular weight excluding hydrogens is 386 g/mol. The Morgan fingerprint density at radius 2 is 1.39 bits per heavy atom. The Kier molecular flexibility index (Phi) is 7.03. The summed E-state index contributed by atoms with van der Waals surface area (Å²) < 4.78 is 5.48. The summed E-state index contributed by atoms with van der Waals surface area (Å²) in [4.78, 5) is 2.35. The van der Waals surface area contributed by atoms with Crippen molar-refractivity contribution in [3.8, 4) is 5.75 Å². The van der Waals surface area contributed by atoms with E-state index >= 15 is 0 Å². The lowest BCUT2D eigenvalue weighted by Gasteiger charge is -2.29. The highest BCUT2D eigenvalue weighted by atomic mass is 16.5. The Balaban J connectivity index is 1.81. The lowest BCUT2D eigenvalue weighted by molar-refractivity contribution is 0.122. The number of aliphatic hydroxyl groups is 1. The van der Waals surface area contributed by atoms with Crippen molar-refractivity contribution in [1.82, 2.24) is 0 Å². The third-order valence-electron chi connectivity index (χ3n) is 5.70. The van der Waals surface area contributed by atoms with Crippen molar-refractivity contribution in [2.75, 3.05) is 37.8 Å². The number of allylic oxidation sites excluding steroid dienone is 1. The van der Waals surface area contributed by atoms with Gasteiger partial charge >= 0.3 is 0 Å². The molecule has 31 heavy (non-hydrogen) atoms. The van der Waals surface area contributed by atoms with Crippen molar-refractivity contribution in [2.24, 2.45) is 0 Å². The molecule has 4 rings (SSSR count). The van der Waals surface area contributed by atoms with E-state index in [2.05, 4.69) is 41.3 Å². The van der Waals surface area contributed by atoms with Crippen LogP contribution in [-0.2, 0) is 4.74 Å². The van der Waals surface area contributed by atoms with Crippen LogP contribution >= 0.6 is 0 Å². The van der Waals surface area contributed by atoms with E-state index in [1.807, 2.05) is 30.3 Å². The standard InChI is InChI=1S/C27H29NO3/c29-18-4-7-26(21-5-2-1-3-6-21)27(23-10-14-25(30)15-11-23)22-8-12-24(13-9-22)28-16-19-31-20-17-28/h1-3,5-6,8-15,29-30H,4,7,16-20H2/b27-26+. The number of hydrogen-bond donors (Lipinski definition) is 2. The molecule has 0 amide bonds. The molecule has 0 aromatic heterocycles. The third-order valence-corrected chi connectivity index (χ3v) is 5.70. The predicted molar refractivity (Wildman–Crippen MR) is 126 cm³/mol. The number of hydrogen-bond acceptors (Lipinski definition) is 4. The fourth-order valence-electron chi connectivity index (χ4n) is 4.11. The van der Waals surface area contributed by atoms with Gasteiger partial charge in [0, 0.05) is 25.4 Å². The number of phenolic OH excluding ortho intramolecular Hbond substituents is 1. The molecule has 1 fully saturated rings. The van der Waals surface area contributed by atoms with Crippen LogP contribution in [-0.4, -0.2) is 43.1 Å². The van der Waals surface area contributed by atoms with E-state index in [1.165, 1.54) is 11.3 Å². The molecule has 0 unspecified atom stereocenters. The van der Waals surface area contributed by atoms with Crippen LogP contribution < -0.4 is 4.90 Å². The Morgan fingerprint density at radius 3 is 2.00 bits per heavy atom. The van der Waals surface area contributed by atoms with Crippen molar-refractivity contribution in [2.45, 2.75) is 12.8 Å². The highest BCUT2D eigenvalue weighted by Gasteiger charge is 2.16. The highest BCUT2D eigenvalue weighted by molar-refractivity contribution is 5.98. The second-order valence-corrected chi connectivity index (χ2v) is 7.74. The van der Waals surface area contributed by atoms with Gasteiger partial charge in [0.05, 0.1) is 13.2 Å². The summed E-state index contributed by atoms with van der Waals surface area (Å²) >= 11 is 0. The van der Waals surface area contributed by atoms with E-state index < -0.39 is 0 Å². The molecule has 0 spiro atoms. The van der Waals surface area contributed by atoms with Crippen molar-refractivity contribution < 1.29 is 14.9 Å². The first kappa shape index (κ1) is 21.2. The van der Waals surface area contributed by atoms with E-state index in [4.69, 9.17) is 4.74 Å². The largest absolute Gasteiger partial charge is 0.508 e. The number of rotatable bonds is 7. The van der Waals surface area contributed by atoms with Gasteiger partial charge in [0.25, 0.3) is 0 Å². The summed E-state index contributed by atoms with van der Waals surface area (Å²) in [5.74, 6) is 0.252. The van der Waals surface area contributed by atoms with Crippen molar-refractivity contribution >= 4 is 16.8 Å². The SMILES string of the molecule is OCCC/C(=C(\c1ccc(O)cc1)c1ccc(N2CCOCC2)cc1)c1ccccc1. The minimum atomic E-state index is 0.148. The van der Waals surface area contributed by atoms with Gasteiger partial charge in [0.1, 0.15) is 5.75 Å². The number of morpholine rings is 1. The molecule has 1 heterocycles. The predicted octanol–water partition coefficient (Wildman–Crippen LogP) is 4.96. The summed E-state index contributed by atoms with van der Waals surface area (Å²) in [5, 5.41) is 19.4. The maximum absolute atomic E-state index is 9.82. The van der Waals surface area contributed by atoms with E-state index in [1.54, 1.807) is 12.1 Å². The number of aromatic hydroxyl groups is 1. The van der Waals surface area contributed by atoms with Gasteiger partial charge in [-0.1, -0.05) is 54.6 Å². The number of nitrogens with zero attached hydrogens (tertiary/aromatic N) is 1. The van der Waals surface area contributed by atoms with E-state index in [-0.39, 0.29) is 12.4 Å². The minimum Gasteiger partial charge on any atom is -0.508 e. The lowest BCUT2D eigenvalue weighted by Crippen LogP contribution is -2.36. The first-order chi connectivity index (χ1) is 15.3. The van der Waals surface area contributed by atoms with Gasteiger partial charge in [-0.05, 0) is 64.9 Å². The quantitative estimate of drug-likeness (QED) is 0.536. The molecule has 1 aliphatic rings. The Morgan fingerprint density at radius 1 is 0.774 bits per heavy atom. The fraction of sp³-hybridized carbons (Fsp3) is 0.259. The summed E-state index contributed by atoms with van der Waals surface area (Å²) in [7, 11) is 0. The number of anilines is 1. The Bertz CT molecular complexity index is 989. The van der Waals surface area contributed by atoms with E-state index in [0.29, 0.717) is 6.42 Å². The van der Waals surface area contributed by atoms with Crippen molar-refractivity contribution in [3.05, 3.63) is 95.6 Å². The van der Waals surface area contributed by atoms with Crippen LogP contribution in [0.1, 0.15) is 29.5 Å². The number of benzene rings is 3. The number of aliphatic hydroxyl groups excluding tert-OH is 1. The molecule has 1 saturated heterocycles. The van der Waals surface area contributed by atoms with Crippen LogP contribution in [0.15, 0.2) is 78.9 Å². The topological polar surface area (TPSA) is 52.9 Å². The zero-order chi connectivity index (χ0) is 21.5. The molecule has 160 valence electrons. The van der Waals surface area contributed by atoms with Gasteiger partial charge in [0.2, 0.25) is 0 Å². The van der Waals surface area contributed by atoms with Gasteiger partial charge < -0.3 is 19.8 Å². The van der Waals surface area contributed by atoms with Crippen molar-refractivity contribution in [3.63, 3.8) is 0 Å². The van der Waals surface area contributed by atoms with Gasteiger partial charge in [-0.2, -0.15) is 0 Å². The summed E-state index contributed by atoms with van der Waals surface area (Å²) in [6.07, 6.45) is 1.46. The molecule has 1 aliphatic heterocycles. The third kappa shape index (κ3) is 5.16. The zero-order valence-corrected chi connectivity index (χ0v) is 17.7. The van der Waals surface area contributed by atoms with Crippen LogP contribution in [0, 0.1) is 0 Å². The second kappa shape index (κ2) is 10.3. The zero-order valence-electron chi connectivity index (χ0n) is 17.7. The maximum atomic E-state index is 9.82.